The van der Waals surface area contributed by atoms with Crippen molar-refractivity contribution in [3.05, 3.63) is 41.9 Å². The van der Waals surface area contributed by atoms with Gasteiger partial charge in [0.2, 0.25) is 0 Å². The summed E-state index contributed by atoms with van der Waals surface area (Å²) >= 11 is 0. The second-order valence-electron chi connectivity index (χ2n) is 6.67. The van der Waals surface area contributed by atoms with Crippen molar-refractivity contribution < 1.29 is 9.47 Å². The minimum absolute atomic E-state index is 0.231. The average molecular weight is 340 g/mol. The van der Waals surface area contributed by atoms with Crippen LogP contribution in [0.25, 0.3) is 0 Å². The fourth-order valence-electron chi connectivity index (χ4n) is 3.59. The number of fused-ring (bicyclic) bond motifs is 1. The monoisotopic (exact) mass is 340 g/mol. The van der Waals surface area contributed by atoms with Crippen molar-refractivity contribution in [1.29, 1.82) is 0 Å². The zero-order valence-corrected chi connectivity index (χ0v) is 14.8. The van der Waals surface area contributed by atoms with Crippen LogP contribution in [-0.4, -0.2) is 60.8 Å². The molecule has 0 N–H and O–H groups in total. The van der Waals surface area contributed by atoms with Gasteiger partial charge >= 0.3 is 0 Å². The molecule has 2 aliphatic rings. The van der Waals surface area contributed by atoms with Gasteiger partial charge in [-0.3, -0.25) is 4.90 Å². The van der Waals surface area contributed by atoms with Crippen LogP contribution in [0.15, 0.2) is 30.5 Å². The molecule has 0 spiro atoms. The number of hydrogen-bond acceptors (Lipinski definition) is 6. The molecule has 6 nitrogen and oxygen atoms in total. The van der Waals surface area contributed by atoms with Gasteiger partial charge in [-0.05, 0) is 31.2 Å². The van der Waals surface area contributed by atoms with Crippen LogP contribution < -0.4 is 14.4 Å². The van der Waals surface area contributed by atoms with Crippen LogP contribution in [0.2, 0.25) is 0 Å². The Kier molecular flexibility index (Phi) is 4.44. The van der Waals surface area contributed by atoms with E-state index >= 15 is 0 Å². The highest BCUT2D eigenvalue weighted by molar-refractivity contribution is 5.43. The summed E-state index contributed by atoms with van der Waals surface area (Å²) in [6.45, 7) is 6.94. The summed E-state index contributed by atoms with van der Waals surface area (Å²) in [7, 11) is 1.70. The van der Waals surface area contributed by atoms with Gasteiger partial charge in [-0.25, -0.2) is 9.97 Å². The van der Waals surface area contributed by atoms with Gasteiger partial charge in [-0.2, -0.15) is 0 Å². The van der Waals surface area contributed by atoms with Crippen molar-refractivity contribution in [2.45, 2.75) is 19.4 Å². The van der Waals surface area contributed by atoms with Gasteiger partial charge < -0.3 is 14.4 Å². The summed E-state index contributed by atoms with van der Waals surface area (Å²) in [5.41, 5.74) is 1.25. The van der Waals surface area contributed by atoms with E-state index < -0.39 is 0 Å². The number of anilines is 1. The minimum atomic E-state index is 0.231. The third kappa shape index (κ3) is 3.54. The Morgan fingerprint density at radius 3 is 2.80 bits per heavy atom. The zero-order chi connectivity index (χ0) is 17.2. The molecule has 1 aromatic heterocycles. The second kappa shape index (κ2) is 6.88. The molecule has 0 amide bonds. The van der Waals surface area contributed by atoms with E-state index in [4.69, 9.17) is 9.47 Å². The Labute approximate surface area is 148 Å². The summed E-state index contributed by atoms with van der Waals surface area (Å²) < 4.78 is 11.4. The highest BCUT2D eigenvalue weighted by Crippen LogP contribution is 2.32. The Hall–Kier alpha value is -2.34. The molecule has 0 bridgehead atoms. The molecule has 1 unspecified atom stereocenters. The quantitative estimate of drug-likeness (QED) is 0.848. The number of benzene rings is 1. The van der Waals surface area contributed by atoms with Crippen LogP contribution in [0, 0.1) is 6.92 Å². The summed E-state index contributed by atoms with van der Waals surface area (Å²) in [6.07, 6.45) is 3.02. The van der Waals surface area contributed by atoms with Crippen molar-refractivity contribution >= 4 is 5.82 Å². The largest absolute Gasteiger partial charge is 0.497 e. The van der Waals surface area contributed by atoms with Crippen molar-refractivity contribution in [3.63, 3.8) is 0 Å². The van der Waals surface area contributed by atoms with Crippen LogP contribution in [-0.2, 0) is 6.42 Å². The van der Waals surface area contributed by atoms with Gasteiger partial charge in [-0.15, -0.1) is 0 Å². The Morgan fingerprint density at radius 2 is 2.04 bits per heavy atom. The predicted molar refractivity (Wildman–Crippen MR) is 96.5 cm³/mol. The molecule has 2 aromatic rings. The molecular weight excluding hydrogens is 316 g/mol. The highest BCUT2D eigenvalue weighted by Gasteiger charge is 2.27. The van der Waals surface area contributed by atoms with E-state index in [2.05, 4.69) is 25.8 Å². The maximum absolute atomic E-state index is 6.10. The molecule has 0 radical (unpaired) electrons. The number of hydrogen-bond donors (Lipinski definition) is 0. The van der Waals surface area contributed by atoms with Crippen LogP contribution >= 0.6 is 0 Å². The van der Waals surface area contributed by atoms with Crippen LogP contribution in [0.3, 0.4) is 0 Å². The number of methoxy groups -OCH3 is 1. The molecule has 4 rings (SSSR count). The number of piperazine rings is 1. The van der Waals surface area contributed by atoms with E-state index in [9.17, 15) is 0 Å². The maximum Gasteiger partial charge on any atom is 0.132 e. The smallest absolute Gasteiger partial charge is 0.132 e. The molecule has 2 aliphatic heterocycles. The summed E-state index contributed by atoms with van der Waals surface area (Å²) in [6, 6.07) is 8.06. The molecule has 1 atom stereocenters. The average Bonchev–Trinajstić information content (AvgIpc) is 3.03. The van der Waals surface area contributed by atoms with Crippen molar-refractivity contribution in [2.24, 2.45) is 0 Å². The van der Waals surface area contributed by atoms with Gasteiger partial charge in [0.05, 0.1) is 7.11 Å². The number of nitrogens with zero attached hydrogens (tertiary/aromatic N) is 4. The number of aromatic nitrogens is 2. The van der Waals surface area contributed by atoms with Gasteiger partial charge in [0, 0.05) is 50.9 Å². The van der Waals surface area contributed by atoms with Gasteiger partial charge in [0.15, 0.2) is 0 Å². The van der Waals surface area contributed by atoms with Crippen LogP contribution in [0.1, 0.15) is 11.4 Å². The molecule has 1 fully saturated rings. The van der Waals surface area contributed by atoms with Crippen molar-refractivity contribution in [1.82, 2.24) is 14.9 Å². The Morgan fingerprint density at radius 1 is 1.20 bits per heavy atom. The third-order valence-corrected chi connectivity index (χ3v) is 4.93. The summed E-state index contributed by atoms with van der Waals surface area (Å²) in [4.78, 5) is 13.5. The lowest BCUT2D eigenvalue weighted by Gasteiger charge is -2.36. The molecule has 6 heteroatoms. The first-order valence-corrected chi connectivity index (χ1v) is 8.82. The van der Waals surface area contributed by atoms with Crippen molar-refractivity contribution in [2.75, 3.05) is 44.7 Å². The van der Waals surface area contributed by atoms with E-state index in [1.54, 1.807) is 7.11 Å². The topological polar surface area (TPSA) is 50.7 Å². The van der Waals surface area contributed by atoms with Gasteiger partial charge in [-0.1, -0.05) is 0 Å². The first kappa shape index (κ1) is 16.1. The number of rotatable bonds is 4. The molecule has 0 saturated carbocycles. The minimum Gasteiger partial charge on any atom is -0.497 e. The molecule has 3 heterocycles. The SMILES string of the molecule is COc1ccc2c(c1)CC(CN1CCN(c3ccnc(C)n3)CC1)O2. The fraction of sp³-hybridized carbons (Fsp3) is 0.474. The molecule has 25 heavy (non-hydrogen) atoms. The van der Waals surface area contributed by atoms with Gasteiger partial charge in [0.25, 0.3) is 0 Å². The Balaban J connectivity index is 1.31. The summed E-state index contributed by atoms with van der Waals surface area (Å²) in [5.74, 6) is 3.76. The lowest BCUT2D eigenvalue weighted by atomic mass is 10.1. The van der Waals surface area contributed by atoms with E-state index in [0.717, 1.165) is 62.3 Å². The van der Waals surface area contributed by atoms with Crippen LogP contribution in [0.5, 0.6) is 11.5 Å². The van der Waals surface area contributed by atoms with Gasteiger partial charge in [0.1, 0.15) is 29.2 Å². The van der Waals surface area contributed by atoms with E-state index in [1.165, 1.54) is 5.56 Å². The first-order valence-electron chi connectivity index (χ1n) is 8.82. The fourth-order valence-corrected chi connectivity index (χ4v) is 3.59. The molecule has 1 saturated heterocycles. The predicted octanol–water partition coefficient (Wildman–Crippen LogP) is 1.92. The lowest BCUT2D eigenvalue weighted by molar-refractivity contribution is 0.145. The van der Waals surface area contributed by atoms with E-state index in [-0.39, 0.29) is 6.10 Å². The first-order chi connectivity index (χ1) is 12.2. The highest BCUT2D eigenvalue weighted by atomic mass is 16.5. The second-order valence-corrected chi connectivity index (χ2v) is 6.67. The lowest BCUT2D eigenvalue weighted by Crippen LogP contribution is -2.49. The Bertz CT molecular complexity index is 744. The molecule has 1 aromatic carbocycles. The zero-order valence-electron chi connectivity index (χ0n) is 14.8. The van der Waals surface area contributed by atoms with E-state index in [1.807, 2.05) is 31.3 Å². The normalized spacial score (nSPS) is 20.2. The standard InChI is InChI=1S/C19H24N4O2/c1-14-20-6-5-19(21-14)23-9-7-22(8-10-23)13-17-12-15-11-16(24-2)3-4-18(15)25-17/h3-6,11,17H,7-10,12-13H2,1-2H3. The third-order valence-electron chi connectivity index (χ3n) is 4.93. The molecular formula is C19H24N4O2. The van der Waals surface area contributed by atoms with Crippen molar-refractivity contribution in [3.8, 4) is 11.5 Å². The maximum atomic E-state index is 6.10. The van der Waals surface area contributed by atoms with Crippen LogP contribution in [0.4, 0.5) is 5.82 Å². The number of aryl methyl sites for hydroxylation is 1. The molecule has 132 valence electrons. The molecule has 0 aliphatic carbocycles. The van der Waals surface area contributed by atoms with E-state index in [0.29, 0.717) is 0 Å². The number of ether oxygens (including phenoxy) is 2. The summed E-state index contributed by atoms with van der Waals surface area (Å²) in [5, 5.41) is 0.